The molecule has 0 radical (unpaired) electrons. The minimum Gasteiger partial charge on any atom is -0.493 e. The van der Waals surface area contributed by atoms with Crippen molar-refractivity contribution < 1.29 is 23.4 Å². The number of ether oxygens (including phenoxy) is 3. The van der Waals surface area contributed by atoms with Gasteiger partial charge in [-0.1, -0.05) is 0 Å². The lowest BCUT2D eigenvalue weighted by molar-refractivity contribution is -0.150. The van der Waals surface area contributed by atoms with Crippen LogP contribution < -0.4 is 9.47 Å². The van der Waals surface area contributed by atoms with Gasteiger partial charge < -0.3 is 18.6 Å². The van der Waals surface area contributed by atoms with Gasteiger partial charge in [-0.3, -0.25) is 9.69 Å². The number of nitrogens with zero attached hydrogens (tertiary/aromatic N) is 3. The molecule has 9 heteroatoms. The van der Waals surface area contributed by atoms with Crippen LogP contribution in [0, 0.1) is 10.8 Å². The topological polar surface area (TPSA) is 79.0 Å². The van der Waals surface area contributed by atoms with Crippen LogP contribution in [-0.4, -0.2) is 54.6 Å². The van der Waals surface area contributed by atoms with Crippen LogP contribution in [0.2, 0.25) is 0 Å². The summed E-state index contributed by atoms with van der Waals surface area (Å²) in [5.41, 5.74) is 0.741. The Morgan fingerprint density at radius 1 is 1.32 bits per heavy atom. The number of hydrogen-bond acceptors (Lipinski definition) is 8. The van der Waals surface area contributed by atoms with E-state index in [4.69, 9.17) is 30.8 Å². The number of rotatable bonds is 7. The van der Waals surface area contributed by atoms with Crippen molar-refractivity contribution in [2.24, 2.45) is 5.92 Å². The number of likely N-dealkylation sites (tertiary alicyclic amines) is 1. The average molecular weight is 407 g/mol. The summed E-state index contributed by atoms with van der Waals surface area (Å²) in [7, 11) is 3.16. The van der Waals surface area contributed by atoms with Crippen LogP contribution >= 0.6 is 12.2 Å². The SMILES string of the molecule is CCOC(=O)[C@H]1CCCN(Cn2nc(-c3ccc(OC)c(OC)c3)oc2=S)C1. The van der Waals surface area contributed by atoms with Crippen LogP contribution in [0.4, 0.5) is 0 Å². The van der Waals surface area contributed by atoms with E-state index in [2.05, 4.69) is 10.00 Å². The molecule has 1 aliphatic rings. The Bertz CT molecular complexity index is 879. The summed E-state index contributed by atoms with van der Waals surface area (Å²) in [5, 5.41) is 4.50. The molecule has 1 saturated heterocycles. The van der Waals surface area contributed by atoms with E-state index >= 15 is 0 Å². The molecular weight excluding hydrogens is 382 g/mol. The van der Waals surface area contributed by atoms with Gasteiger partial charge in [-0.05, 0) is 56.7 Å². The molecule has 1 aromatic carbocycles. The molecule has 2 aromatic rings. The number of carbonyl (C=O) groups excluding carboxylic acids is 1. The summed E-state index contributed by atoms with van der Waals surface area (Å²) in [6.07, 6.45) is 1.77. The maximum absolute atomic E-state index is 12.0. The van der Waals surface area contributed by atoms with E-state index in [9.17, 15) is 4.79 Å². The lowest BCUT2D eigenvalue weighted by atomic mass is 9.99. The van der Waals surface area contributed by atoms with Crippen molar-refractivity contribution in [3.63, 3.8) is 0 Å². The zero-order chi connectivity index (χ0) is 20.1. The zero-order valence-corrected chi connectivity index (χ0v) is 17.2. The van der Waals surface area contributed by atoms with Crippen LogP contribution in [-0.2, 0) is 16.2 Å². The molecule has 28 heavy (non-hydrogen) atoms. The first-order chi connectivity index (χ1) is 13.5. The van der Waals surface area contributed by atoms with Crippen LogP contribution in [0.25, 0.3) is 11.5 Å². The second kappa shape index (κ2) is 9.20. The molecule has 0 aliphatic carbocycles. The highest BCUT2D eigenvalue weighted by molar-refractivity contribution is 7.71. The first-order valence-corrected chi connectivity index (χ1v) is 9.65. The lowest BCUT2D eigenvalue weighted by Crippen LogP contribution is -2.40. The summed E-state index contributed by atoms with van der Waals surface area (Å²) >= 11 is 5.33. The van der Waals surface area contributed by atoms with Gasteiger partial charge in [0.25, 0.3) is 4.84 Å². The Labute approximate surface area is 169 Å². The Balaban J connectivity index is 1.74. The monoisotopic (exact) mass is 407 g/mol. The third-order valence-electron chi connectivity index (χ3n) is 4.70. The fourth-order valence-electron chi connectivity index (χ4n) is 3.31. The molecule has 152 valence electrons. The summed E-state index contributed by atoms with van der Waals surface area (Å²) in [5.74, 6) is 1.37. The molecule has 2 heterocycles. The Morgan fingerprint density at radius 2 is 2.11 bits per heavy atom. The molecule has 0 spiro atoms. The standard InChI is InChI=1S/C19H25N3O5S/c1-4-26-18(23)14-6-5-9-21(11-14)12-22-19(28)27-17(20-22)13-7-8-15(24-2)16(10-13)25-3/h7-8,10,14H,4-6,9,11-12H2,1-3H3/t14-/m0/s1. The maximum atomic E-state index is 12.0. The highest BCUT2D eigenvalue weighted by Gasteiger charge is 2.27. The molecule has 1 aliphatic heterocycles. The Hall–Kier alpha value is -2.39. The molecule has 0 N–H and O–H groups in total. The number of methoxy groups -OCH3 is 2. The van der Waals surface area contributed by atoms with E-state index in [0.29, 0.717) is 37.2 Å². The number of carbonyl (C=O) groups is 1. The van der Waals surface area contributed by atoms with Gasteiger partial charge in [0, 0.05) is 12.1 Å². The van der Waals surface area contributed by atoms with Gasteiger partial charge in [0.2, 0.25) is 5.89 Å². The van der Waals surface area contributed by atoms with Gasteiger partial charge in [0.1, 0.15) is 0 Å². The number of piperidine rings is 1. The molecule has 1 atom stereocenters. The van der Waals surface area contributed by atoms with E-state index < -0.39 is 0 Å². The smallest absolute Gasteiger partial charge is 0.310 e. The highest BCUT2D eigenvalue weighted by atomic mass is 32.1. The van der Waals surface area contributed by atoms with Gasteiger partial charge in [-0.25, -0.2) is 4.68 Å². The predicted octanol–water partition coefficient (Wildman–Crippen LogP) is 3.12. The van der Waals surface area contributed by atoms with Gasteiger partial charge in [-0.15, -0.1) is 5.10 Å². The quantitative estimate of drug-likeness (QED) is 0.512. The largest absolute Gasteiger partial charge is 0.493 e. The number of esters is 1. The molecule has 8 nitrogen and oxygen atoms in total. The van der Waals surface area contributed by atoms with E-state index in [0.717, 1.165) is 24.9 Å². The van der Waals surface area contributed by atoms with Crippen molar-refractivity contribution >= 4 is 18.2 Å². The lowest BCUT2D eigenvalue weighted by Gasteiger charge is -2.30. The molecular formula is C19H25N3O5S. The Morgan fingerprint density at radius 3 is 2.82 bits per heavy atom. The van der Waals surface area contributed by atoms with Crippen LogP contribution in [0.1, 0.15) is 19.8 Å². The van der Waals surface area contributed by atoms with Crippen molar-refractivity contribution in [1.82, 2.24) is 14.7 Å². The van der Waals surface area contributed by atoms with E-state index in [1.165, 1.54) is 0 Å². The third-order valence-corrected chi connectivity index (χ3v) is 4.99. The van der Waals surface area contributed by atoms with Crippen molar-refractivity contribution in [1.29, 1.82) is 0 Å². The van der Waals surface area contributed by atoms with Crippen molar-refractivity contribution in [2.75, 3.05) is 33.9 Å². The number of hydrogen-bond donors (Lipinski definition) is 0. The predicted molar refractivity (Wildman–Crippen MR) is 105 cm³/mol. The molecule has 0 unspecified atom stereocenters. The molecule has 1 aromatic heterocycles. The first kappa shape index (κ1) is 20.3. The van der Waals surface area contributed by atoms with Gasteiger partial charge in [0.15, 0.2) is 11.5 Å². The van der Waals surface area contributed by atoms with Gasteiger partial charge in [0.05, 0.1) is 33.4 Å². The van der Waals surface area contributed by atoms with Crippen LogP contribution in [0.3, 0.4) is 0 Å². The summed E-state index contributed by atoms with van der Waals surface area (Å²) in [6, 6.07) is 5.42. The van der Waals surface area contributed by atoms with Crippen LogP contribution in [0.5, 0.6) is 11.5 Å². The molecule has 0 saturated carbocycles. The maximum Gasteiger partial charge on any atom is 0.310 e. The summed E-state index contributed by atoms with van der Waals surface area (Å²) in [4.78, 5) is 14.5. The molecule has 0 amide bonds. The Kier molecular flexibility index (Phi) is 6.69. The minimum atomic E-state index is -0.137. The summed E-state index contributed by atoms with van der Waals surface area (Å²) < 4.78 is 23.1. The number of benzene rings is 1. The van der Waals surface area contributed by atoms with E-state index in [-0.39, 0.29) is 16.7 Å². The summed E-state index contributed by atoms with van der Waals surface area (Å²) in [6.45, 7) is 4.18. The van der Waals surface area contributed by atoms with Gasteiger partial charge >= 0.3 is 5.97 Å². The van der Waals surface area contributed by atoms with E-state index in [1.807, 2.05) is 13.0 Å². The molecule has 1 fully saturated rings. The second-order valence-electron chi connectivity index (χ2n) is 6.55. The van der Waals surface area contributed by atoms with Crippen molar-refractivity contribution in [2.45, 2.75) is 26.4 Å². The number of aromatic nitrogens is 2. The van der Waals surface area contributed by atoms with Crippen LogP contribution in [0.15, 0.2) is 22.6 Å². The highest BCUT2D eigenvalue weighted by Crippen LogP contribution is 2.31. The normalized spacial score (nSPS) is 17.3. The van der Waals surface area contributed by atoms with Crippen molar-refractivity contribution in [3.8, 4) is 23.0 Å². The fraction of sp³-hybridized carbons (Fsp3) is 0.526. The molecule has 0 bridgehead atoms. The minimum absolute atomic E-state index is 0.111. The fourth-order valence-corrected chi connectivity index (χ4v) is 3.48. The van der Waals surface area contributed by atoms with Gasteiger partial charge in [-0.2, -0.15) is 0 Å². The zero-order valence-electron chi connectivity index (χ0n) is 16.3. The van der Waals surface area contributed by atoms with Crippen molar-refractivity contribution in [3.05, 3.63) is 23.0 Å². The molecule has 3 rings (SSSR count). The van der Waals surface area contributed by atoms with E-state index in [1.54, 1.807) is 31.0 Å². The first-order valence-electron chi connectivity index (χ1n) is 9.25. The third kappa shape index (κ3) is 4.53. The second-order valence-corrected chi connectivity index (χ2v) is 6.90. The average Bonchev–Trinajstić information content (AvgIpc) is 3.08.